The van der Waals surface area contributed by atoms with Gasteiger partial charge in [-0.25, -0.2) is 18.4 Å². The number of carbonyl (C=O) groups is 2. The second-order valence-corrected chi connectivity index (χ2v) is 10.8. The molecule has 1 aliphatic rings. The minimum atomic E-state index is -5.47. The predicted molar refractivity (Wildman–Crippen MR) is 125 cm³/mol. The first-order chi connectivity index (χ1) is 17.0. The molecule has 1 heterocycles. The van der Waals surface area contributed by atoms with Crippen molar-refractivity contribution in [3.63, 3.8) is 0 Å². The second-order valence-electron chi connectivity index (χ2n) is 9.93. The summed E-state index contributed by atoms with van der Waals surface area (Å²) in [5.41, 5.74) is -2.96. The van der Waals surface area contributed by atoms with Crippen molar-refractivity contribution in [2.75, 3.05) is 0 Å². The molecular weight excluding hydrogens is 542 g/mol. The lowest BCUT2D eigenvalue weighted by molar-refractivity contribution is -0.202. The number of halogens is 7. The van der Waals surface area contributed by atoms with Crippen LogP contribution in [-0.2, 0) is 19.7 Å². The van der Waals surface area contributed by atoms with Crippen LogP contribution in [0.15, 0.2) is 36.4 Å². The topological polar surface area (TPSA) is 79.2 Å². The number of hydrogen-bond donors (Lipinski definition) is 1. The maximum absolute atomic E-state index is 15.4. The van der Waals surface area contributed by atoms with Crippen LogP contribution >= 0.6 is 23.2 Å². The van der Waals surface area contributed by atoms with Crippen LogP contribution in [0, 0.1) is 28.4 Å². The van der Waals surface area contributed by atoms with Crippen molar-refractivity contribution in [3.05, 3.63) is 69.2 Å². The zero-order valence-electron chi connectivity index (χ0n) is 19.7. The Morgan fingerprint density at radius 1 is 1.11 bits per heavy atom. The van der Waals surface area contributed by atoms with Crippen molar-refractivity contribution in [1.29, 1.82) is 5.26 Å². The fourth-order valence-corrected chi connectivity index (χ4v) is 5.08. The summed E-state index contributed by atoms with van der Waals surface area (Å²) in [6.07, 6.45) is -5.39. The molecule has 2 aromatic carbocycles. The summed E-state index contributed by atoms with van der Waals surface area (Å²) in [4.78, 5) is 24.5. The summed E-state index contributed by atoms with van der Waals surface area (Å²) in [6, 6.07) is 6.26. The zero-order valence-corrected chi connectivity index (χ0v) is 21.2. The molecule has 0 aromatic heterocycles. The van der Waals surface area contributed by atoms with Crippen molar-refractivity contribution in [3.8, 4) is 6.07 Å². The quantitative estimate of drug-likeness (QED) is 0.207. The van der Waals surface area contributed by atoms with Gasteiger partial charge in [0.15, 0.2) is 0 Å². The maximum atomic E-state index is 15.4. The lowest BCUT2D eigenvalue weighted by Crippen LogP contribution is -2.45. The van der Waals surface area contributed by atoms with Gasteiger partial charge in [0.2, 0.25) is 0 Å². The first kappa shape index (κ1) is 28.8. The summed E-state index contributed by atoms with van der Waals surface area (Å²) >= 11 is 11.9. The first-order valence-corrected chi connectivity index (χ1v) is 11.7. The highest BCUT2D eigenvalue weighted by Crippen LogP contribution is 2.52. The van der Waals surface area contributed by atoms with Gasteiger partial charge in [0.25, 0.3) is 0 Å². The van der Waals surface area contributed by atoms with Gasteiger partial charge in [-0.05, 0) is 41.7 Å². The lowest BCUT2D eigenvalue weighted by atomic mass is 9.63. The molecule has 12 heteroatoms. The Balaban J connectivity index is 2.33. The monoisotopic (exact) mass is 562 g/mol. The van der Waals surface area contributed by atoms with Gasteiger partial charge in [0.05, 0.1) is 11.1 Å². The smallest absolute Gasteiger partial charge is 0.385 e. The first-order valence-electron chi connectivity index (χ1n) is 10.9. The fraction of sp³-hybridized carbons (Fsp3) is 0.400. The van der Waals surface area contributed by atoms with E-state index >= 15 is 4.39 Å². The molecule has 1 fully saturated rings. The average molecular weight is 563 g/mol. The van der Waals surface area contributed by atoms with Gasteiger partial charge in [-0.1, -0.05) is 56.1 Å². The fourth-order valence-electron chi connectivity index (χ4n) is 4.73. The normalized spacial score (nSPS) is 24.0. The molecule has 2 aromatic rings. The molecule has 0 spiro atoms. The number of hydrogen-bond acceptors (Lipinski definition) is 5. The van der Waals surface area contributed by atoms with Gasteiger partial charge < -0.3 is 4.74 Å². The standard InChI is InChI=1S/C25H21Cl2F5N2O3/c1-23(2,3)10-18-24(11-33,14-8-17(29)15(27)9-16(14)28)19(12-5-4-6-13(26)7-12)20(34-18)21(35)37-22(36)25(30,31)32/h4-9,18-20,34H,10H2,1-3H3/t18-,19-,20+,24-/m0/s1. The number of alkyl halides is 3. The second kappa shape index (κ2) is 10.2. The van der Waals surface area contributed by atoms with E-state index in [0.717, 1.165) is 6.07 Å². The highest BCUT2D eigenvalue weighted by Gasteiger charge is 2.61. The Morgan fingerprint density at radius 2 is 1.76 bits per heavy atom. The van der Waals surface area contributed by atoms with Crippen molar-refractivity contribution in [2.24, 2.45) is 5.41 Å². The van der Waals surface area contributed by atoms with E-state index in [1.807, 2.05) is 6.07 Å². The molecule has 4 atom stereocenters. The number of rotatable bonds is 4. The minimum absolute atomic E-state index is 0.0817. The van der Waals surface area contributed by atoms with E-state index in [2.05, 4.69) is 10.1 Å². The van der Waals surface area contributed by atoms with E-state index in [4.69, 9.17) is 23.2 Å². The molecule has 0 radical (unpaired) electrons. The largest absolute Gasteiger partial charge is 0.491 e. The maximum Gasteiger partial charge on any atom is 0.491 e. The molecule has 3 rings (SSSR count). The number of ether oxygens (including phenoxy) is 1. The number of benzene rings is 2. The molecule has 1 aliphatic heterocycles. The average Bonchev–Trinajstić information content (AvgIpc) is 3.08. The highest BCUT2D eigenvalue weighted by molar-refractivity contribution is 6.31. The third-order valence-electron chi connectivity index (χ3n) is 6.10. The van der Waals surface area contributed by atoms with Crippen LogP contribution in [-0.4, -0.2) is 30.2 Å². The van der Waals surface area contributed by atoms with Crippen molar-refractivity contribution >= 4 is 35.1 Å². The van der Waals surface area contributed by atoms with Crippen molar-refractivity contribution < 1.29 is 36.3 Å². The van der Waals surface area contributed by atoms with E-state index in [1.165, 1.54) is 24.3 Å². The number of esters is 2. The van der Waals surface area contributed by atoms with Crippen LogP contribution in [0.1, 0.15) is 44.2 Å². The SMILES string of the molecule is CC(C)(C)C[C@@H]1N[C@@H](C(=O)OC(=O)C(F)(F)F)[C@H](c2cccc(Cl)c2)[C@@]1(C#N)c1cc(F)c(Cl)cc1F. The van der Waals surface area contributed by atoms with Crippen LogP contribution in [0.5, 0.6) is 0 Å². The number of carbonyl (C=O) groups excluding carboxylic acids is 2. The molecule has 0 amide bonds. The van der Waals surface area contributed by atoms with E-state index in [1.54, 1.807) is 20.8 Å². The minimum Gasteiger partial charge on any atom is -0.385 e. The molecule has 198 valence electrons. The molecule has 0 saturated carbocycles. The number of nitrogens with zero attached hydrogens (tertiary/aromatic N) is 1. The summed E-state index contributed by atoms with van der Waals surface area (Å²) < 4.78 is 72.7. The third-order valence-corrected chi connectivity index (χ3v) is 6.62. The van der Waals surface area contributed by atoms with E-state index in [-0.39, 0.29) is 17.0 Å². The van der Waals surface area contributed by atoms with E-state index < -0.39 is 69.2 Å². The third kappa shape index (κ3) is 5.74. The molecule has 0 unspecified atom stereocenters. The predicted octanol–water partition coefficient (Wildman–Crippen LogP) is 6.23. The summed E-state index contributed by atoms with van der Waals surface area (Å²) in [7, 11) is 0. The zero-order chi connectivity index (χ0) is 27.9. The molecule has 37 heavy (non-hydrogen) atoms. The van der Waals surface area contributed by atoms with Gasteiger partial charge in [-0.15, -0.1) is 0 Å². The highest BCUT2D eigenvalue weighted by atomic mass is 35.5. The van der Waals surface area contributed by atoms with Crippen LogP contribution in [0.3, 0.4) is 0 Å². The van der Waals surface area contributed by atoms with Gasteiger partial charge in [0, 0.05) is 22.5 Å². The van der Waals surface area contributed by atoms with Gasteiger partial charge >= 0.3 is 18.1 Å². The lowest BCUT2D eigenvalue weighted by Gasteiger charge is -2.37. The Morgan fingerprint density at radius 3 is 2.30 bits per heavy atom. The van der Waals surface area contributed by atoms with Crippen LogP contribution in [0.25, 0.3) is 0 Å². The number of nitrogens with one attached hydrogen (secondary N) is 1. The Kier molecular flexibility index (Phi) is 7.94. The molecular formula is C25H21Cl2F5N2O3. The summed E-state index contributed by atoms with van der Waals surface area (Å²) in [5.74, 6) is -7.97. The van der Waals surface area contributed by atoms with Crippen molar-refractivity contribution in [2.45, 2.75) is 56.8 Å². The Labute approximate surface area is 219 Å². The summed E-state index contributed by atoms with van der Waals surface area (Å²) in [6.45, 7) is 5.34. The van der Waals surface area contributed by atoms with Gasteiger partial charge in [-0.2, -0.15) is 18.4 Å². The van der Waals surface area contributed by atoms with Gasteiger partial charge in [-0.3, -0.25) is 5.32 Å². The molecule has 0 bridgehead atoms. The number of nitriles is 1. The molecule has 0 aliphatic carbocycles. The van der Waals surface area contributed by atoms with Crippen LogP contribution in [0.4, 0.5) is 22.0 Å². The van der Waals surface area contributed by atoms with E-state index in [9.17, 15) is 32.4 Å². The van der Waals surface area contributed by atoms with E-state index in [0.29, 0.717) is 6.07 Å². The Bertz CT molecular complexity index is 1270. The summed E-state index contributed by atoms with van der Waals surface area (Å²) in [5, 5.41) is 13.0. The molecule has 5 nitrogen and oxygen atoms in total. The van der Waals surface area contributed by atoms with Gasteiger partial charge in [0.1, 0.15) is 23.1 Å². The molecule has 1 saturated heterocycles. The Hall–Kier alpha value is -2.74. The van der Waals surface area contributed by atoms with Crippen LogP contribution in [0.2, 0.25) is 10.0 Å². The van der Waals surface area contributed by atoms with Crippen LogP contribution < -0.4 is 5.32 Å². The molecule has 1 N–H and O–H groups in total. The van der Waals surface area contributed by atoms with Crippen molar-refractivity contribution in [1.82, 2.24) is 5.32 Å².